The van der Waals surface area contributed by atoms with E-state index in [1.807, 2.05) is 6.20 Å². The van der Waals surface area contributed by atoms with Gasteiger partial charge in [-0.1, -0.05) is 13.8 Å². The maximum Gasteiger partial charge on any atom is 0.140 e. The van der Waals surface area contributed by atoms with E-state index >= 15 is 0 Å². The molecule has 2 atom stereocenters. The molecular weight excluding hydrogens is 411 g/mol. The number of rotatable bonds is 8. The summed E-state index contributed by atoms with van der Waals surface area (Å²) in [6.45, 7) is 9.17. The molecule has 1 N–H and O–H groups in total. The molecule has 164 valence electrons. The third kappa shape index (κ3) is 5.86. The Morgan fingerprint density at radius 3 is 2.62 bits per heavy atom. The number of aromatic nitrogens is 2. The van der Waals surface area contributed by atoms with Crippen molar-refractivity contribution in [3.05, 3.63) is 36.2 Å². The molecule has 0 amide bonds. The Morgan fingerprint density at radius 1 is 1.21 bits per heavy atom. The SMILES string of the molecule is CCN(CC)Cc1cc(-c2nccn2[C@@H]2CNCC[C@@H]2OC)ccc1OC.Cl.Cl. The first-order chi connectivity index (χ1) is 13.2. The third-order valence-corrected chi connectivity index (χ3v) is 5.54. The van der Waals surface area contributed by atoms with E-state index in [1.165, 1.54) is 5.56 Å². The van der Waals surface area contributed by atoms with Crippen LogP contribution >= 0.6 is 24.8 Å². The van der Waals surface area contributed by atoms with E-state index in [0.717, 1.165) is 56.3 Å². The first-order valence-electron chi connectivity index (χ1n) is 9.87. The van der Waals surface area contributed by atoms with Crippen LogP contribution in [0.2, 0.25) is 0 Å². The molecule has 29 heavy (non-hydrogen) atoms. The normalized spacial score (nSPS) is 18.8. The monoisotopic (exact) mass is 444 g/mol. The molecule has 3 rings (SSSR count). The van der Waals surface area contributed by atoms with Gasteiger partial charge in [0.25, 0.3) is 0 Å². The third-order valence-electron chi connectivity index (χ3n) is 5.54. The number of nitrogens with one attached hydrogen (secondary N) is 1. The Kier molecular flexibility index (Phi) is 11.0. The Bertz CT molecular complexity index is 737. The molecular formula is C21H34Cl2N4O2. The number of hydrogen-bond acceptors (Lipinski definition) is 5. The second-order valence-electron chi connectivity index (χ2n) is 6.98. The second-order valence-corrected chi connectivity index (χ2v) is 6.98. The number of hydrogen-bond donors (Lipinski definition) is 1. The van der Waals surface area contributed by atoms with Crippen LogP contribution in [0.25, 0.3) is 11.4 Å². The minimum atomic E-state index is 0. The van der Waals surface area contributed by atoms with Crippen LogP contribution in [0.5, 0.6) is 5.75 Å². The quantitative estimate of drug-likeness (QED) is 0.670. The van der Waals surface area contributed by atoms with Gasteiger partial charge in [-0.15, -0.1) is 24.8 Å². The van der Waals surface area contributed by atoms with Crippen molar-refractivity contribution in [3.8, 4) is 17.1 Å². The Balaban J connectivity index is 0.00000210. The van der Waals surface area contributed by atoms with Crippen LogP contribution in [0.1, 0.15) is 31.9 Å². The van der Waals surface area contributed by atoms with E-state index in [4.69, 9.17) is 9.47 Å². The first-order valence-corrected chi connectivity index (χ1v) is 9.87. The molecule has 2 heterocycles. The van der Waals surface area contributed by atoms with Crippen molar-refractivity contribution in [1.82, 2.24) is 19.8 Å². The molecule has 0 aliphatic carbocycles. The summed E-state index contributed by atoms with van der Waals surface area (Å²) in [6.07, 6.45) is 5.15. The zero-order chi connectivity index (χ0) is 19.2. The van der Waals surface area contributed by atoms with Crippen LogP contribution in [-0.2, 0) is 11.3 Å². The standard InChI is InChI=1S/C21H32N4O2.2ClH/c1-5-24(6-2)15-17-13-16(7-8-19(17)26-3)21-23-11-12-25(21)18-14-22-10-9-20(18)27-4;;/h7-8,11-13,18,20,22H,5-6,9-10,14-15H2,1-4H3;2*1H/t18-,20+;;/m1../s1. The fourth-order valence-corrected chi connectivity index (χ4v) is 3.90. The molecule has 1 aliphatic heterocycles. The van der Waals surface area contributed by atoms with E-state index in [9.17, 15) is 0 Å². The van der Waals surface area contributed by atoms with Gasteiger partial charge in [0.05, 0.1) is 19.3 Å². The van der Waals surface area contributed by atoms with Gasteiger partial charge in [-0.05, 0) is 44.3 Å². The number of ether oxygens (including phenoxy) is 2. The van der Waals surface area contributed by atoms with Crippen LogP contribution in [0.4, 0.5) is 0 Å². The summed E-state index contributed by atoms with van der Waals surface area (Å²) in [5, 5.41) is 3.48. The highest BCUT2D eigenvalue weighted by atomic mass is 35.5. The summed E-state index contributed by atoms with van der Waals surface area (Å²) in [5.74, 6) is 1.91. The summed E-state index contributed by atoms with van der Waals surface area (Å²) in [4.78, 5) is 7.06. The van der Waals surface area contributed by atoms with Gasteiger partial charge in [0.2, 0.25) is 0 Å². The number of piperidine rings is 1. The lowest BCUT2D eigenvalue weighted by Crippen LogP contribution is -2.42. The van der Waals surface area contributed by atoms with Crippen molar-refractivity contribution in [2.45, 2.75) is 39.0 Å². The maximum absolute atomic E-state index is 5.75. The average molecular weight is 445 g/mol. The molecule has 0 spiro atoms. The second kappa shape index (κ2) is 12.4. The molecule has 1 saturated heterocycles. The van der Waals surface area contributed by atoms with Gasteiger partial charge in [0.1, 0.15) is 11.6 Å². The number of halogens is 2. The van der Waals surface area contributed by atoms with Crippen molar-refractivity contribution >= 4 is 24.8 Å². The summed E-state index contributed by atoms with van der Waals surface area (Å²) >= 11 is 0. The highest BCUT2D eigenvalue weighted by molar-refractivity contribution is 5.85. The molecule has 0 bridgehead atoms. The van der Waals surface area contributed by atoms with Gasteiger partial charge in [-0.3, -0.25) is 4.90 Å². The minimum absolute atomic E-state index is 0. The van der Waals surface area contributed by atoms with E-state index < -0.39 is 0 Å². The predicted molar refractivity (Wildman–Crippen MR) is 123 cm³/mol. The highest BCUT2D eigenvalue weighted by Crippen LogP contribution is 2.30. The maximum atomic E-state index is 5.75. The molecule has 0 radical (unpaired) electrons. The molecule has 1 fully saturated rings. The minimum Gasteiger partial charge on any atom is -0.496 e. The summed E-state index contributed by atoms with van der Waals surface area (Å²) in [5.41, 5.74) is 2.31. The lowest BCUT2D eigenvalue weighted by molar-refractivity contribution is 0.0365. The zero-order valence-electron chi connectivity index (χ0n) is 17.8. The lowest BCUT2D eigenvalue weighted by atomic mass is 10.0. The van der Waals surface area contributed by atoms with Crippen molar-refractivity contribution < 1.29 is 9.47 Å². The van der Waals surface area contributed by atoms with E-state index in [0.29, 0.717) is 0 Å². The Morgan fingerprint density at radius 2 is 1.97 bits per heavy atom. The number of nitrogens with zero attached hydrogens (tertiary/aromatic N) is 3. The fraction of sp³-hybridized carbons (Fsp3) is 0.571. The van der Waals surface area contributed by atoms with Gasteiger partial charge in [0, 0.05) is 43.7 Å². The molecule has 0 saturated carbocycles. The summed E-state index contributed by atoms with van der Waals surface area (Å²) in [6, 6.07) is 6.62. The number of imidazole rings is 1. The molecule has 2 aromatic rings. The molecule has 0 unspecified atom stereocenters. The van der Waals surface area contributed by atoms with Crippen LogP contribution in [0.15, 0.2) is 30.6 Å². The van der Waals surface area contributed by atoms with Gasteiger partial charge in [0.15, 0.2) is 0 Å². The van der Waals surface area contributed by atoms with Gasteiger partial charge >= 0.3 is 0 Å². The smallest absolute Gasteiger partial charge is 0.140 e. The topological polar surface area (TPSA) is 51.6 Å². The van der Waals surface area contributed by atoms with E-state index in [2.05, 4.69) is 58.0 Å². The van der Waals surface area contributed by atoms with Crippen LogP contribution < -0.4 is 10.1 Å². The number of benzene rings is 1. The zero-order valence-corrected chi connectivity index (χ0v) is 19.4. The predicted octanol–water partition coefficient (Wildman–Crippen LogP) is 3.79. The summed E-state index contributed by atoms with van der Waals surface area (Å²) in [7, 11) is 3.54. The van der Waals surface area contributed by atoms with E-state index in [1.54, 1.807) is 14.2 Å². The summed E-state index contributed by atoms with van der Waals surface area (Å²) < 4.78 is 13.6. The van der Waals surface area contributed by atoms with Gasteiger partial charge in [-0.25, -0.2) is 4.98 Å². The van der Waals surface area contributed by atoms with Crippen molar-refractivity contribution in [2.75, 3.05) is 40.4 Å². The molecule has 1 aromatic heterocycles. The van der Waals surface area contributed by atoms with Crippen molar-refractivity contribution in [2.24, 2.45) is 0 Å². The Labute approximate surface area is 186 Å². The molecule has 1 aliphatic rings. The van der Waals surface area contributed by atoms with Crippen LogP contribution in [0, 0.1) is 0 Å². The van der Waals surface area contributed by atoms with Crippen molar-refractivity contribution in [1.29, 1.82) is 0 Å². The molecule has 6 nitrogen and oxygen atoms in total. The van der Waals surface area contributed by atoms with Crippen LogP contribution in [-0.4, -0.2) is 61.0 Å². The highest BCUT2D eigenvalue weighted by Gasteiger charge is 2.28. The average Bonchev–Trinajstić information content (AvgIpc) is 3.21. The fourth-order valence-electron chi connectivity index (χ4n) is 3.90. The van der Waals surface area contributed by atoms with Crippen LogP contribution in [0.3, 0.4) is 0 Å². The first kappa shape index (κ1) is 25.7. The largest absolute Gasteiger partial charge is 0.496 e. The molecule has 8 heteroatoms. The molecule has 1 aromatic carbocycles. The Hall–Kier alpha value is -1.31. The van der Waals surface area contributed by atoms with Crippen molar-refractivity contribution in [3.63, 3.8) is 0 Å². The van der Waals surface area contributed by atoms with Gasteiger partial charge < -0.3 is 19.4 Å². The van der Waals surface area contributed by atoms with E-state index in [-0.39, 0.29) is 37.0 Å². The lowest BCUT2D eigenvalue weighted by Gasteiger charge is -2.33. The number of methoxy groups -OCH3 is 2. The van der Waals surface area contributed by atoms with Gasteiger partial charge in [-0.2, -0.15) is 0 Å².